The van der Waals surface area contributed by atoms with Crippen LogP contribution in [0.25, 0.3) is 0 Å². The number of hydrogen-bond donors (Lipinski definition) is 0. The van der Waals surface area contributed by atoms with Gasteiger partial charge in [-0.05, 0) is 26.4 Å². The third-order valence-electron chi connectivity index (χ3n) is 1.55. The van der Waals surface area contributed by atoms with Gasteiger partial charge >= 0.3 is 0 Å². The molecule has 0 aromatic rings. The second kappa shape index (κ2) is 7.48. The topological polar surface area (TPSA) is 20.3 Å². The van der Waals surface area contributed by atoms with E-state index in [1.807, 2.05) is 6.08 Å². The summed E-state index contributed by atoms with van der Waals surface area (Å²) in [6.45, 7) is 5.63. The Bertz CT molecular complexity index is 112. The molecule has 2 nitrogen and oxygen atoms in total. The minimum Gasteiger partial charge on any atom is -0.303 e. The molecule has 0 unspecified atom stereocenters. The second-order valence-electron chi connectivity index (χ2n) is 2.71. The van der Waals surface area contributed by atoms with Crippen LogP contribution in [0.5, 0.6) is 0 Å². The van der Waals surface area contributed by atoms with E-state index < -0.39 is 0 Å². The first-order valence-corrected chi connectivity index (χ1v) is 4.04. The first kappa shape index (κ1) is 10.4. The average Bonchev–Trinajstić information content (AvgIpc) is 1.99. The smallest absolute Gasteiger partial charge is 0.119 e. The molecular weight excluding hydrogens is 138 g/mol. The van der Waals surface area contributed by atoms with Gasteiger partial charge in [0.15, 0.2) is 0 Å². The lowest BCUT2D eigenvalue weighted by atomic mass is 10.2. The van der Waals surface area contributed by atoms with Crippen LogP contribution in [0, 0.1) is 0 Å². The van der Waals surface area contributed by atoms with Crippen LogP contribution in [-0.4, -0.2) is 31.3 Å². The molecule has 0 spiro atoms. The Morgan fingerprint density at radius 1 is 1.45 bits per heavy atom. The van der Waals surface area contributed by atoms with Crippen molar-refractivity contribution >= 4 is 6.29 Å². The van der Waals surface area contributed by atoms with E-state index in [0.29, 0.717) is 6.42 Å². The van der Waals surface area contributed by atoms with Gasteiger partial charge in [0.1, 0.15) is 6.29 Å². The van der Waals surface area contributed by atoms with E-state index in [1.165, 1.54) is 0 Å². The summed E-state index contributed by atoms with van der Waals surface area (Å²) >= 11 is 0. The van der Waals surface area contributed by atoms with Crippen molar-refractivity contribution in [2.24, 2.45) is 0 Å². The van der Waals surface area contributed by atoms with Gasteiger partial charge in [0.05, 0.1) is 0 Å². The number of nitrogens with zero attached hydrogens (tertiary/aromatic N) is 1. The molecule has 0 aliphatic heterocycles. The SMILES string of the molecule is C=CCN(C)CCCCC=O. The van der Waals surface area contributed by atoms with Crippen LogP contribution in [0.2, 0.25) is 0 Å². The number of rotatable bonds is 7. The fourth-order valence-electron chi connectivity index (χ4n) is 0.921. The van der Waals surface area contributed by atoms with E-state index in [2.05, 4.69) is 18.5 Å². The van der Waals surface area contributed by atoms with Crippen molar-refractivity contribution in [1.29, 1.82) is 0 Å². The van der Waals surface area contributed by atoms with Crippen molar-refractivity contribution in [3.8, 4) is 0 Å². The van der Waals surface area contributed by atoms with Gasteiger partial charge in [-0.25, -0.2) is 0 Å². The van der Waals surface area contributed by atoms with Gasteiger partial charge in [-0.1, -0.05) is 6.08 Å². The Balaban J connectivity index is 3.09. The van der Waals surface area contributed by atoms with Gasteiger partial charge in [-0.3, -0.25) is 0 Å². The van der Waals surface area contributed by atoms with Crippen LogP contribution in [0.15, 0.2) is 12.7 Å². The summed E-state index contributed by atoms with van der Waals surface area (Å²) in [7, 11) is 2.06. The van der Waals surface area contributed by atoms with E-state index in [-0.39, 0.29) is 0 Å². The van der Waals surface area contributed by atoms with E-state index in [0.717, 1.165) is 32.2 Å². The fourth-order valence-corrected chi connectivity index (χ4v) is 0.921. The molecule has 0 aromatic carbocycles. The third-order valence-corrected chi connectivity index (χ3v) is 1.55. The van der Waals surface area contributed by atoms with Crippen LogP contribution < -0.4 is 0 Å². The molecule has 2 heteroatoms. The second-order valence-corrected chi connectivity index (χ2v) is 2.71. The molecule has 0 bridgehead atoms. The summed E-state index contributed by atoms with van der Waals surface area (Å²) < 4.78 is 0. The van der Waals surface area contributed by atoms with Crippen LogP contribution in [-0.2, 0) is 4.79 Å². The molecule has 0 rings (SSSR count). The van der Waals surface area contributed by atoms with E-state index in [4.69, 9.17) is 0 Å². The Kier molecular flexibility index (Phi) is 7.05. The quantitative estimate of drug-likeness (QED) is 0.315. The summed E-state index contributed by atoms with van der Waals surface area (Å²) in [6.07, 6.45) is 5.67. The van der Waals surface area contributed by atoms with Crippen LogP contribution in [0.4, 0.5) is 0 Å². The lowest BCUT2D eigenvalue weighted by Crippen LogP contribution is -2.19. The molecule has 0 atom stereocenters. The average molecular weight is 155 g/mol. The predicted molar refractivity (Wildman–Crippen MR) is 47.6 cm³/mol. The van der Waals surface area contributed by atoms with Crippen molar-refractivity contribution in [2.75, 3.05) is 20.1 Å². The fraction of sp³-hybridized carbons (Fsp3) is 0.667. The van der Waals surface area contributed by atoms with Gasteiger partial charge in [-0.2, -0.15) is 0 Å². The number of carbonyl (C=O) groups is 1. The third kappa shape index (κ3) is 7.26. The maximum atomic E-state index is 9.95. The van der Waals surface area contributed by atoms with E-state index in [9.17, 15) is 4.79 Å². The zero-order valence-electron chi connectivity index (χ0n) is 7.25. The normalized spacial score (nSPS) is 10.0. The van der Waals surface area contributed by atoms with Crippen molar-refractivity contribution in [1.82, 2.24) is 4.90 Å². The minimum atomic E-state index is 0.696. The van der Waals surface area contributed by atoms with Crippen LogP contribution in [0.1, 0.15) is 19.3 Å². The molecule has 64 valence electrons. The molecule has 0 fully saturated rings. The van der Waals surface area contributed by atoms with E-state index in [1.54, 1.807) is 0 Å². The lowest BCUT2D eigenvalue weighted by Gasteiger charge is -2.12. The molecule has 0 amide bonds. The summed E-state index contributed by atoms with van der Waals surface area (Å²) in [5, 5.41) is 0. The lowest BCUT2D eigenvalue weighted by molar-refractivity contribution is -0.107. The Morgan fingerprint density at radius 2 is 2.18 bits per heavy atom. The molecule has 0 saturated heterocycles. The highest BCUT2D eigenvalue weighted by Gasteiger charge is 1.93. The number of carbonyl (C=O) groups excluding carboxylic acids is 1. The van der Waals surface area contributed by atoms with Crippen molar-refractivity contribution in [3.05, 3.63) is 12.7 Å². The highest BCUT2D eigenvalue weighted by molar-refractivity contribution is 5.48. The molecule has 0 heterocycles. The molecule has 0 aromatic heterocycles. The van der Waals surface area contributed by atoms with Crippen LogP contribution in [0.3, 0.4) is 0 Å². The molecular formula is C9H17NO. The molecule has 0 radical (unpaired) electrons. The number of aldehydes is 1. The molecule has 0 aliphatic rings. The monoisotopic (exact) mass is 155 g/mol. The zero-order valence-corrected chi connectivity index (χ0v) is 7.25. The van der Waals surface area contributed by atoms with Gasteiger partial charge in [0.25, 0.3) is 0 Å². The maximum absolute atomic E-state index is 9.95. The molecule has 0 saturated carbocycles. The Morgan fingerprint density at radius 3 is 2.73 bits per heavy atom. The van der Waals surface area contributed by atoms with Gasteiger partial charge < -0.3 is 9.69 Å². The Hall–Kier alpha value is -0.630. The van der Waals surface area contributed by atoms with E-state index >= 15 is 0 Å². The van der Waals surface area contributed by atoms with Gasteiger partial charge in [-0.15, -0.1) is 6.58 Å². The standard InChI is InChI=1S/C9H17NO/c1-3-7-10(2)8-5-4-6-9-11/h3,9H,1,4-8H2,2H3. The molecule has 11 heavy (non-hydrogen) atoms. The predicted octanol–water partition coefficient (Wildman–Crippen LogP) is 1.47. The van der Waals surface area contributed by atoms with Gasteiger partial charge in [0, 0.05) is 13.0 Å². The molecule has 0 aliphatic carbocycles. The van der Waals surface area contributed by atoms with Gasteiger partial charge in [0.2, 0.25) is 0 Å². The van der Waals surface area contributed by atoms with Crippen molar-refractivity contribution in [2.45, 2.75) is 19.3 Å². The largest absolute Gasteiger partial charge is 0.303 e. The number of unbranched alkanes of at least 4 members (excludes halogenated alkanes) is 2. The maximum Gasteiger partial charge on any atom is 0.119 e. The number of hydrogen-bond acceptors (Lipinski definition) is 2. The van der Waals surface area contributed by atoms with Crippen LogP contribution >= 0.6 is 0 Å². The highest BCUT2D eigenvalue weighted by atomic mass is 16.1. The minimum absolute atomic E-state index is 0.696. The zero-order chi connectivity index (χ0) is 8.53. The Labute approximate surface area is 68.9 Å². The van der Waals surface area contributed by atoms with Crippen molar-refractivity contribution < 1.29 is 4.79 Å². The number of likely N-dealkylation sites (N-methyl/N-ethyl adjacent to an activating group) is 1. The molecule has 0 N–H and O–H groups in total. The summed E-state index contributed by atoms with van der Waals surface area (Å²) in [6, 6.07) is 0. The first-order valence-electron chi connectivity index (χ1n) is 4.04. The summed E-state index contributed by atoms with van der Waals surface area (Å²) in [5.74, 6) is 0. The summed E-state index contributed by atoms with van der Waals surface area (Å²) in [4.78, 5) is 12.1. The summed E-state index contributed by atoms with van der Waals surface area (Å²) in [5.41, 5.74) is 0. The first-order chi connectivity index (χ1) is 5.31. The highest BCUT2D eigenvalue weighted by Crippen LogP contribution is 1.94. The van der Waals surface area contributed by atoms with Crippen molar-refractivity contribution in [3.63, 3.8) is 0 Å².